The van der Waals surface area contributed by atoms with Crippen LogP contribution in [0, 0.1) is 0 Å². The van der Waals surface area contributed by atoms with Gasteiger partial charge in [0.15, 0.2) is 11.5 Å². The minimum absolute atomic E-state index is 0.119. The van der Waals surface area contributed by atoms with E-state index in [4.69, 9.17) is 19.3 Å². The summed E-state index contributed by atoms with van der Waals surface area (Å²) in [5, 5.41) is 27.2. The van der Waals surface area contributed by atoms with Gasteiger partial charge in [-0.2, -0.15) is 5.10 Å². The predicted molar refractivity (Wildman–Crippen MR) is 115 cm³/mol. The topological polar surface area (TPSA) is 83.8 Å². The van der Waals surface area contributed by atoms with Gasteiger partial charge in [0.1, 0.15) is 17.2 Å². The Bertz CT molecular complexity index is 1180. The molecule has 0 saturated carbocycles. The van der Waals surface area contributed by atoms with Crippen molar-refractivity contribution in [1.82, 2.24) is 5.01 Å². The van der Waals surface area contributed by atoms with Gasteiger partial charge in [-0.25, -0.2) is 5.01 Å². The monoisotopic (exact) mass is 418 g/mol. The van der Waals surface area contributed by atoms with Crippen LogP contribution >= 0.6 is 0 Å². The van der Waals surface area contributed by atoms with Gasteiger partial charge >= 0.3 is 0 Å². The largest absolute Gasteiger partial charge is 0.508 e. The molecule has 0 saturated heterocycles. The smallest absolute Gasteiger partial charge is 0.214 e. The lowest BCUT2D eigenvalue weighted by Gasteiger charge is -2.38. The number of hydrogen-bond acceptors (Lipinski definition) is 7. The maximum absolute atomic E-state index is 10.5. The number of para-hydroxylation sites is 1. The van der Waals surface area contributed by atoms with E-state index in [1.54, 1.807) is 50.6 Å². The standard InChI is InChI=1S/C24H22N2O5/c1-29-16-9-10-21(28)18(12-16)19-13-20-17-7-4-8-22(30-2)23(17)31-24(26(20)25-19)14-5-3-6-15(27)11-14/h3-12,20,24,27-28H,13H2,1-2H3/t20-,24+/m0/s1. The van der Waals surface area contributed by atoms with Crippen molar-refractivity contribution >= 4 is 5.71 Å². The molecule has 2 atom stereocenters. The molecule has 0 aromatic heterocycles. The normalized spacial score (nSPS) is 19.2. The van der Waals surface area contributed by atoms with E-state index in [0.29, 0.717) is 29.2 Å². The maximum Gasteiger partial charge on any atom is 0.214 e. The van der Waals surface area contributed by atoms with E-state index in [-0.39, 0.29) is 17.5 Å². The fourth-order valence-corrected chi connectivity index (χ4v) is 4.18. The molecule has 0 spiro atoms. The van der Waals surface area contributed by atoms with Gasteiger partial charge in [0, 0.05) is 23.1 Å². The van der Waals surface area contributed by atoms with Crippen molar-refractivity contribution in [2.45, 2.75) is 18.7 Å². The van der Waals surface area contributed by atoms with Gasteiger partial charge < -0.3 is 24.4 Å². The lowest BCUT2D eigenvalue weighted by atomic mass is 9.95. The van der Waals surface area contributed by atoms with Crippen LogP contribution in [-0.2, 0) is 0 Å². The highest BCUT2D eigenvalue weighted by Crippen LogP contribution is 2.51. The molecular weight excluding hydrogens is 396 g/mol. The zero-order valence-corrected chi connectivity index (χ0v) is 17.1. The third-order valence-corrected chi connectivity index (χ3v) is 5.67. The van der Waals surface area contributed by atoms with E-state index in [1.807, 2.05) is 29.3 Å². The summed E-state index contributed by atoms with van der Waals surface area (Å²) >= 11 is 0. The van der Waals surface area contributed by atoms with E-state index in [1.165, 1.54) is 0 Å². The molecule has 2 aliphatic heterocycles. The van der Waals surface area contributed by atoms with Gasteiger partial charge in [-0.15, -0.1) is 0 Å². The molecule has 2 aliphatic rings. The Balaban J connectivity index is 1.64. The minimum atomic E-state index is -0.564. The van der Waals surface area contributed by atoms with Gasteiger partial charge in [-0.3, -0.25) is 0 Å². The third-order valence-electron chi connectivity index (χ3n) is 5.67. The van der Waals surface area contributed by atoms with Crippen LogP contribution in [0.5, 0.6) is 28.7 Å². The molecule has 31 heavy (non-hydrogen) atoms. The van der Waals surface area contributed by atoms with Gasteiger partial charge in [-0.1, -0.05) is 24.3 Å². The molecule has 2 heterocycles. The van der Waals surface area contributed by atoms with Crippen molar-refractivity contribution in [3.63, 3.8) is 0 Å². The summed E-state index contributed by atoms with van der Waals surface area (Å²) in [6.07, 6.45) is 0.00527. The Kier molecular flexibility index (Phi) is 4.58. The number of hydrazone groups is 1. The van der Waals surface area contributed by atoms with Gasteiger partial charge in [-0.05, 0) is 36.4 Å². The molecule has 7 nitrogen and oxygen atoms in total. The number of rotatable bonds is 4. The molecule has 2 N–H and O–H groups in total. The molecule has 0 unspecified atom stereocenters. The lowest BCUT2D eigenvalue weighted by Crippen LogP contribution is -2.33. The number of fused-ring (bicyclic) bond motifs is 3. The predicted octanol–water partition coefficient (Wildman–Crippen LogP) is 4.36. The Morgan fingerprint density at radius 2 is 1.84 bits per heavy atom. The number of benzene rings is 3. The first kappa shape index (κ1) is 19.1. The first-order valence-electron chi connectivity index (χ1n) is 9.94. The molecule has 5 rings (SSSR count). The Morgan fingerprint density at radius 1 is 1.00 bits per heavy atom. The lowest BCUT2D eigenvalue weighted by molar-refractivity contribution is -0.0210. The second kappa shape index (κ2) is 7.43. The number of phenolic OH excluding ortho intramolecular Hbond substituents is 2. The number of nitrogens with zero attached hydrogens (tertiary/aromatic N) is 2. The van der Waals surface area contributed by atoms with Crippen molar-refractivity contribution < 1.29 is 24.4 Å². The molecule has 0 aliphatic carbocycles. The molecule has 158 valence electrons. The Labute approximate surface area is 179 Å². The number of ether oxygens (including phenoxy) is 3. The van der Waals surface area contributed by atoms with Gasteiger partial charge in [0.2, 0.25) is 6.23 Å². The van der Waals surface area contributed by atoms with Gasteiger partial charge in [0.05, 0.1) is 26.0 Å². The zero-order chi connectivity index (χ0) is 21.5. The first-order valence-corrected chi connectivity index (χ1v) is 9.94. The fraction of sp³-hybridized carbons (Fsp3) is 0.208. The van der Waals surface area contributed by atoms with E-state index in [9.17, 15) is 10.2 Å². The molecule has 0 fully saturated rings. The number of methoxy groups -OCH3 is 2. The van der Waals surface area contributed by atoms with Crippen LogP contribution in [0.2, 0.25) is 0 Å². The number of hydrogen-bond donors (Lipinski definition) is 2. The van der Waals surface area contributed by atoms with E-state index in [0.717, 1.165) is 16.8 Å². The summed E-state index contributed by atoms with van der Waals surface area (Å²) in [5.41, 5.74) is 3.07. The van der Waals surface area contributed by atoms with Crippen LogP contribution in [0.1, 0.15) is 35.4 Å². The van der Waals surface area contributed by atoms with Crippen molar-refractivity contribution in [3.05, 3.63) is 77.4 Å². The Morgan fingerprint density at radius 3 is 2.61 bits per heavy atom. The van der Waals surface area contributed by atoms with E-state index in [2.05, 4.69) is 0 Å². The Hall–Kier alpha value is -3.87. The van der Waals surface area contributed by atoms with Gasteiger partial charge in [0.25, 0.3) is 0 Å². The minimum Gasteiger partial charge on any atom is -0.508 e. The second-order valence-electron chi connectivity index (χ2n) is 7.47. The highest BCUT2D eigenvalue weighted by molar-refractivity contribution is 6.04. The van der Waals surface area contributed by atoms with Crippen LogP contribution in [0.3, 0.4) is 0 Å². The zero-order valence-electron chi connectivity index (χ0n) is 17.1. The third kappa shape index (κ3) is 3.18. The summed E-state index contributed by atoms with van der Waals surface area (Å²) in [6, 6.07) is 17.7. The van der Waals surface area contributed by atoms with Crippen LogP contribution in [0.25, 0.3) is 0 Å². The highest BCUT2D eigenvalue weighted by Gasteiger charge is 2.42. The summed E-state index contributed by atoms with van der Waals surface area (Å²) in [4.78, 5) is 0. The fourth-order valence-electron chi connectivity index (χ4n) is 4.18. The summed E-state index contributed by atoms with van der Waals surface area (Å²) in [5.74, 6) is 2.23. The quantitative estimate of drug-likeness (QED) is 0.655. The van der Waals surface area contributed by atoms with Crippen LogP contribution in [0.15, 0.2) is 65.8 Å². The molecule has 0 bridgehead atoms. The number of aromatic hydroxyl groups is 2. The molecule has 0 radical (unpaired) electrons. The van der Waals surface area contributed by atoms with Crippen LogP contribution in [-0.4, -0.2) is 35.2 Å². The highest BCUT2D eigenvalue weighted by atomic mass is 16.5. The van der Waals surface area contributed by atoms with Crippen molar-refractivity contribution in [2.75, 3.05) is 14.2 Å². The summed E-state index contributed by atoms with van der Waals surface area (Å²) < 4.78 is 17.2. The molecule has 3 aromatic carbocycles. The summed E-state index contributed by atoms with van der Waals surface area (Å²) in [7, 11) is 3.20. The van der Waals surface area contributed by atoms with Crippen molar-refractivity contribution in [3.8, 4) is 28.7 Å². The van der Waals surface area contributed by atoms with E-state index < -0.39 is 6.23 Å². The van der Waals surface area contributed by atoms with Crippen LogP contribution in [0.4, 0.5) is 0 Å². The molecular formula is C24H22N2O5. The molecule has 7 heteroatoms. The first-order chi connectivity index (χ1) is 15.1. The average molecular weight is 418 g/mol. The number of phenols is 2. The van der Waals surface area contributed by atoms with Crippen molar-refractivity contribution in [2.24, 2.45) is 5.10 Å². The van der Waals surface area contributed by atoms with Crippen molar-refractivity contribution in [1.29, 1.82) is 0 Å². The van der Waals surface area contributed by atoms with E-state index >= 15 is 0 Å². The van der Waals surface area contributed by atoms with Crippen LogP contribution < -0.4 is 14.2 Å². The SMILES string of the molecule is COc1ccc(O)c(C2=NN3[C@@H](c4cccc(O)c4)Oc4c(OC)cccc4[C@@H]3C2)c1. The maximum atomic E-state index is 10.5. The summed E-state index contributed by atoms with van der Waals surface area (Å²) in [6.45, 7) is 0. The molecule has 3 aromatic rings. The second-order valence-corrected chi connectivity index (χ2v) is 7.47. The molecule has 0 amide bonds. The average Bonchev–Trinajstić information content (AvgIpc) is 3.24.